The van der Waals surface area contributed by atoms with Gasteiger partial charge in [0.2, 0.25) is 5.78 Å². The van der Waals surface area contributed by atoms with Gasteiger partial charge >= 0.3 is 0 Å². The predicted molar refractivity (Wildman–Crippen MR) is 68.7 cm³/mol. The second-order valence-electron chi connectivity index (χ2n) is 3.92. The summed E-state index contributed by atoms with van der Waals surface area (Å²) in [7, 11) is 0. The first-order valence-electron chi connectivity index (χ1n) is 5.32. The summed E-state index contributed by atoms with van der Waals surface area (Å²) in [6, 6.07) is 11.3. The van der Waals surface area contributed by atoms with E-state index in [1.165, 1.54) is 0 Å². The molecule has 0 aliphatic rings. The molecule has 0 saturated heterocycles. The molecule has 2 aromatic heterocycles. The lowest BCUT2D eigenvalue weighted by molar-refractivity contribution is 0.101. The number of benzene rings is 1. The van der Waals surface area contributed by atoms with Gasteiger partial charge in [0.05, 0.1) is 0 Å². The Morgan fingerprint density at radius 1 is 1.24 bits per heavy atom. The number of ketones is 1. The molecule has 0 bridgehead atoms. The summed E-state index contributed by atoms with van der Waals surface area (Å²) >= 11 is 1.57. The maximum Gasteiger partial charge on any atom is 0.229 e. The Morgan fingerprint density at radius 3 is 2.76 bits per heavy atom. The maximum atomic E-state index is 12.1. The molecule has 3 aromatic rings. The molecule has 2 nitrogen and oxygen atoms in total. The van der Waals surface area contributed by atoms with Gasteiger partial charge in [-0.2, -0.15) is 0 Å². The molecular formula is C14H10O2S. The van der Waals surface area contributed by atoms with Crippen molar-refractivity contribution in [3.8, 4) is 0 Å². The van der Waals surface area contributed by atoms with E-state index in [4.69, 9.17) is 4.42 Å². The molecule has 0 spiro atoms. The maximum absolute atomic E-state index is 12.1. The lowest BCUT2D eigenvalue weighted by atomic mass is 10.1. The Balaban J connectivity index is 2.06. The van der Waals surface area contributed by atoms with E-state index in [9.17, 15) is 4.79 Å². The monoisotopic (exact) mass is 242 g/mol. The van der Waals surface area contributed by atoms with E-state index in [1.807, 2.05) is 42.6 Å². The van der Waals surface area contributed by atoms with Crippen LogP contribution in [0.15, 0.2) is 46.2 Å². The van der Waals surface area contributed by atoms with Crippen molar-refractivity contribution in [3.05, 3.63) is 58.0 Å². The topological polar surface area (TPSA) is 30.2 Å². The number of aryl methyl sites for hydroxylation is 1. The van der Waals surface area contributed by atoms with Crippen molar-refractivity contribution in [2.75, 3.05) is 0 Å². The Labute approximate surface area is 102 Å². The molecule has 0 amide bonds. The summed E-state index contributed by atoms with van der Waals surface area (Å²) in [6.07, 6.45) is 0. The smallest absolute Gasteiger partial charge is 0.229 e. The van der Waals surface area contributed by atoms with Crippen LogP contribution in [0.1, 0.15) is 21.0 Å². The Morgan fingerprint density at radius 2 is 2.06 bits per heavy atom. The van der Waals surface area contributed by atoms with Crippen LogP contribution in [-0.2, 0) is 0 Å². The van der Waals surface area contributed by atoms with Crippen molar-refractivity contribution >= 4 is 28.1 Å². The van der Waals surface area contributed by atoms with Crippen LogP contribution in [0, 0.1) is 6.92 Å². The minimum Gasteiger partial charge on any atom is -0.453 e. The fraction of sp³-hybridized carbons (Fsp3) is 0.0714. The van der Waals surface area contributed by atoms with Crippen molar-refractivity contribution < 1.29 is 9.21 Å². The molecule has 17 heavy (non-hydrogen) atoms. The standard InChI is InChI=1S/C14H10O2S/c1-9-6-11(8-17-9)14(15)13-7-10-4-2-3-5-12(10)16-13/h2-8H,1H3. The van der Waals surface area contributed by atoms with Gasteiger partial charge < -0.3 is 4.42 Å². The minimum atomic E-state index is -0.0504. The largest absolute Gasteiger partial charge is 0.453 e. The van der Waals surface area contributed by atoms with Gasteiger partial charge in [0.1, 0.15) is 5.58 Å². The summed E-state index contributed by atoms with van der Waals surface area (Å²) in [6.45, 7) is 1.99. The summed E-state index contributed by atoms with van der Waals surface area (Å²) in [5.41, 5.74) is 1.45. The molecule has 0 fully saturated rings. The van der Waals surface area contributed by atoms with Crippen LogP contribution in [0.5, 0.6) is 0 Å². The van der Waals surface area contributed by atoms with E-state index in [-0.39, 0.29) is 5.78 Å². The molecule has 0 unspecified atom stereocenters. The summed E-state index contributed by atoms with van der Waals surface area (Å²) in [5.74, 6) is 0.356. The molecular weight excluding hydrogens is 232 g/mol. The number of carbonyl (C=O) groups excluding carboxylic acids is 1. The van der Waals surface area contributed by atoms with Crippen molar-refractivity contribution in [1.29, 1.82) is 0 Å². The van der Waals surface area contributed by atoms with Crippen LogP contribution >= 0.6 is 11.3 Å². The average Bonchev–Trinajstić information content (AvgIpc) is 2.93. The zero-order valence-corrected chi connectivity index (χ0v) is 10.1. The lowest BCUT2D eigenvalue weighted by Gasteiger charge is -1.91. The second-order valence-corrected chi connectivity index (χ2v) is 5.04. The van der Waals surface area contributed by atoms with Gasteiger partial charge in [0.15, 0.2) is 5.76 Å². The highest BCUT2D eigenvalue weighted by Gasteiger charge is 2.15. The molecule has 0 aliphatic heterocycles. The molecule has 0 aliphatic carbocycles. The molecule has 0 radical (unpaired) electrons. The van der Waals surface area contributed by atoms with E-state index >= 15 is 0 Å². The number of rotatable bonds is 2. The van der Waals surface area contributed by atoms with E-state index in [0.717, 1.165) is 15.8 Å². The molecule has 0 N–H and O–H groups in total. The Hall–Kier alpha value is -1.87. The molecule has 0 saturated carbocycles. The average molecular weight is 242 g/mol. The molecule has 0 atom stereocenters. The van der Waals surface area contributed by atoms with Crippen LogP contribution in [0.2, 0.25) is 0 Å². The van der Waals surface area contributed by atoms with Gasteiger partial charge in [-0.05, 0) is 25.1 Å². The van der Waals surface area contributed by atoms with E-state index < -0.39 is 0 Å². The highest BCUT2D eigenvalue weighted by atomic mass is 32.1. The highest BCUT2D eigenvalue weighted by Crippen LogP contribution is 2.23. The predicted octanol–water partition coefficient (Wildman–Crippen LogP) is 4.03. The van der Waals surface area contributed by atoms with E-state index in [1.54, 1.807) is 17.4 Å². The van der Waals surface area contributed by atoms with Crippen LogP contribution in [0.4, 0.5) is 0 Å². The number of furan rings is 1. The van der Waals surface area contributed by atoms with Crippen molar-refractivity contribution in [1.82, 2.24) is 0 Å². The first-order chi connectivity index (χ1) is 8.24. The first kappa shape index (κ1) is 10.3. The number of para-hydroxylation sites is 1. The number of hydrogen-bond acceptors (Lipinski definition) is 3. The van der Waals surface area contributed by atoms with Crippen LogP contribution in [0.25, 0.3) is 11.0 Å². The SMILES string of the molecule is Cc1cc(C(=O)c2cc3ccccc3o2)cs1. The third kappa shape index (κ3) is 1.78. The third-order valence-corrected chi connectivity index (χ3v) is 3.50. The van der Waals surface area contributed by atoms with Gasteiger partial charge in [0, 0.05) is 21.2 Å². The summed E-state index contributed by atoms with van der Waals surface area (Å²) < 4.78 is 5.55. The van der Waals surface area contributed by atoms with Crippen LogP contribution in [0.3, 0.4) is 0 Å². The van der Waals surface area contributed by atoms with Gasteiger partial charge in [-0.25, -0.2) is 0 Å². The fourth-order valence-electron chi connectivity index (χ4n) is 1.80. The number of thiophene rings is 1. The van der Waals surface area contributed by atoms with Gasteiger partial charge in [0.25, 0.3) is 0 Å². The highest BCUT2D eigenvalue weighted by molar-refractivity contribution is 7.10. The molecule has 1 aromatic carbocycles. The van der Waals surface area contributed by atoms with Gasteiger partial charge in [-0.1, -0.05) is 18.2 Å². The van der Waals surface area contributed by atoms with Gasteiger partial charge in [-0.15, -0.1) is 11.3 Å². The van der Waals surface area contributed by atoms with Crippen molar-refractivity contribution in [3.63, 3.8) is 0 Å². The van der Waals surface area contributed by atoms with E-state index in [0.29, 0.717) is 11.3 Å². The first-order valence-corrected chi connectivity index (χ1v) is 6.20. The van der Waals surface area contributed by atoms with Crippen molar-refractivity contribution in [2.24, 2.45) is 0 Å². The van der Waals surface area contributed by atoms with Crippen LogP contribution < -0.4 is 0 Å². The minimum absolute atomic E-state index is 0.0504. The molecule has 84 valence electrons. The normalized spacial score (nSPS) is 10.9. The lowest BCUT2D eigenvalue weighted by Crippen LogP contribution is -1.96. The zero-order chi connectivity index (χ0) is 11.8. The van der Waals surface area contributed by atoms with Gasteiger partial charge in [-0.3, -0.25) is 4.79 Å². The molecule has 2 heterocycles. The fourth-order valence-corrected chi connectivity index (χ4v) is 2.48. The Kier molecular flexibility index (Phi) is 2.34. The summed E-state index contributed by atoms with van der Waals surface area (Å²) in [5, 5.41) is 2.83. The quantitative estimate of drug-likeness (QED) is 0.635. The summed E-state index contributed by atoms with van der Waals surface area (Å²) in [4.78, 5) is 13.3. The second kappa shape index (κ2) is 3.86. The zero-order valence-electron chi connectivity index (χ0n) is 9.27. The number of carbonyl (C=O) groups is 1. The van der Waals surface area contributed by atoms with Crippen LogP contribution in [-0.4, -0.2) is 5.78 Å². The van der Waals surface area contributed by atoms with E-state index in [2.05, 4.69) is 0 Å². The van der Waals surface area contributed by atoms with Crippen molar-refractivity contribution in [2.45, 2.75) is 6.92 Å². The molecule has 3 rings (SSSR count). The number of hydrogen-bond donors (Lipinski definition) is 0. The molecule has 3 heteroatoms. The number of fused-ring (bicyclic) bond motifs is 1. The third-order valence-electron chi connectivity index (χ3n) is 2.64. The Bertz CT molecular complexity index is 658.